The van der Waals surface area contributed by atoms with Crippen molar-refractivity contribution in [2.24, 2.45) is 0 Å². The number of halogens is 5. The summed E-state index contributed by atoms with van der Waals surface area (Å²) in [5, 5.41) is 8.22. The Hall–Kier alpha value is -2.22. The highest BCUT2D eigenvalue weighted by molar-refractivity contribution is 6.31. The summed E-state index contributed by atoms with van der Waals surface area (Å²) in [5.41, 5.74) is -3.44. The van der Waals surface area contributed by atoms with Crippen molar-refractivity contribution < 1.29 is 27.5 Å². The first kappa shape index (κ1) is 15.2. The van der Waals surface area contributed by atoms with Crippen LogP contribution in [0.25, 0.3) is 11.3 Å². The summed E-state index contributed by atoms with van der Waals surface area (Å²) in [5.74, 6) is -2.84. The first-order valence-corrected chi connectivity index (χ1v) is 5.70. The number of hydrogen-bond acceptors (Lipinski definition) is 3. The topological polar surface area (TPSA) is 63.1 Å². The van der Waals surface area contributed by atoms with Crippen LogP contribution in [0, 0.1) is 5.82 Å². The molecule has 1 N–H and O–H groups in total. The van der Waals surface area contributed by atoms with Crippen LogP contribution in [0.5, 0.6) is 0 Å². The number of alkyl halides is 3. The fourth-order valence-corrected chi connectivity index (χ4v) is 1.78. The van der Waals surface area contributed by atoms with Gasteiger partial charge >= 0.3 is 12.1 Å². The monoisotopic (exact) mass is 320 g/mol. The molecule has 0 aliphatic rings. The molecule has 110 valence electrons. The van der Waals surface area contributed by atoms with E-state index in [1.165, 1.54) is 0 Å². The van der Waals surface area contributed by atoms with E-state index in [1.54, 1.807) is 0 Å². The first-order valence-electron chi connectivity index (χ1n) is 5.32. The summed E-state index contributed by atoms with van der Waals surface area (Å²) in [6.45, 7) is 0. The van der Waals surface area contributed by atoms with Gasteiger partial charge < -0.3 is 5.11 Å². The van der Waals surface area contributed by atoms with Crippen LogP contribution in [0.3, 0.4) is 0 Å². The number of aromatic nitrogens is 2. The molecule has 0 aliphatic carbocycles. The number of rotatable bonds is 2. The van der Waals surface area contributed by atoms with E-state index >= 15 is 0 Å². The molecule has 1 heterocycles. The fourth-order valence-electron chi connectivity index (χ4n) is 1.63. The van der Waals surface area contributed by atoms with E-state index in [0.717, 1.165) is 18.5 Å². The maximum atomic E-state index is 14.0. The van der Waals surface area contributed by atoms with Crippen LogP contribution in [0.1, 0.15) is 16.1 Å². The second-order valence-corrected chi connectivity index (χ2v) is 4.28. The SMILES string of the molecule is O=C(O)c1cncc(-c2c(C(F)(F)F)ccc(Cl)c2F)n1. The van der Waals surface area contributed by atoms with Gasteiger partial charge in [0.2, 0.25) is 0 Å². The van der Waals surface area contributed by atoms with Crippen molar-refractivity contribution in [3.63, 3.8) is 0 Å². The van der Waals surface area contributed by atoms with Crippen LogP contribution in [0.15, 0.2) is 24.5 Å². The van der Waals surface area contributed by atoms with E-state index < -0.39 is 45.5 Å². The number of hydrogen-bond donors (Lipinski definition) is 1. The summed E-state index contributed by atoms with van der Waals surface area (Å²) >= 11 is 5.48. The fraction of sp³-hybridized carbons (Fsp3) is 0.0833. The minimum atomic E-state index is -4.86. The van der Waals surface area contributed by atoms with Crippen LogP contribution in [-0.4, -0.2) is 21.0 Å². The third-order valence-electron chi connectivity index (χ3n) is 2.51. The van der Waals surface area contributed by atoms with Crippen molar-refractivity contribution in [2.45, 2.75) is 6.18 Å². The van der Waals surface area contributed by atoms with Gasteiger partial charge in [0.05, 0.1) is 34.2 Å². The highest BCUT2D eigenvalue weighted by Crippen LogP contribution is 2.39. The Morgan fingerprint density at radius 3 is 2.48 bits per heavy atom. The Labute approximate surface area is 120 Å². The molecule has 1 aromatic carbocycles. The Kier molecular flexibility index (Phi) is 3.82. The molecular weight excluding hydrogens is 316 g/mol. The van der Waals surface area contributed by atoms with E-state index in [9.17, 15) is 22.4 Å². The average molecular weight is 321 g/mol. The van der Waals surface area contributed by atoms with E-state index in [1.807, 2.05) is 0 Å². The summed E-state index contributed by atoms with van der Waals surface area (Å²) < 4.78 is 52.8. The molecule has 0 saturated heterocycles. The average Bonchev–Trinajstić information content (AvgIpc) is 2.40. The predicted molar refractivity (Wildman–Crippen MR) is 64.4 cm³/mol. The second kappa shape index (κ2) is 5.28. The molecule has 2 aromatic rings. The molecule has 0 spiro atoms. The van der Waals surface area contributed by atoms with Crippen molar-refractivity contribution in [1.29, 1.82) is 0 Å². The maximum absolute atomic E-state index is 14.0. The second-order valence-electron chi connectivity index (χ2n) is 3.88. The van der Waals surface area contributed by atoms with Gasteiger partial charge in [-0.05, 0) is 12.1 Å². The van der Waals surface area contributed by atoms with Gasteiger partial charge in [0.25, 0.3) is 0 Å². The molecule has 0 amide bonds. The maximum Gasteiger partial charge on any atom is 0.417 e. The summed E-state index contributed by atoms with van der Waals surface area (Å²) in [4.78, 5) is 17.7. The van der Waals surface area contributed by atoms with Gasteiger partial charge in [-0.15, -0.1) is 0 Å². The zero-order valence-electron chi connectivity index (χ0n) is 9.95. The lowest BCUT2D eigenvalue weighted by atomic mass is 10.0. The van der Waals surface area contributed by atoms with Crippen LogP contribution in [-0.2, 0) is 6.18 Å². The molecule has 4 nitrogen and oxygen atoms in total. The molecule has 1 aromatic heterocycles. The Morgan fingerprint density at radius 1 is 1.24 bits per heavy atom. The van der Waals surface area contributed by atoms with Crippen molar-refractivity contribution in [2.75, 3.05) is 0 Å². The van der Waals surface area contributed by atoms with Gasteiger partial charge in [0.15, 0.2) is 11.5 Å². The Balaban J connectivity index is 2.76. The Bertz CT molecular complexity index is 719. The highest BCUT2D eigenvalue weighted by atomic mass is 35.5. The van der Waals surface area contributed by atoms with E-state index in [4.69, 9.17) is 16.7 Å². The molecule has 0 saturated carbocycles. The standard InChI is InChI=1S/C12H5ClF4N2O2/c13-6-2-1-5(12(15,16)17)9(10(6)14)7-3-18-4-8(19-7)11(20)21/h1-4H,(H,20,21). The zero-order chi connectivity index (χ0) is 15.8. The van der Waals surface area contributed by atoms with Gasteiger partial charge in [-0.1, -0.05) is 11.6 Å². The molecule has 21 heavy (non-hydrogen) atoms. The lowest BCUT2D eigenvalue weighted by molar-refractivity contribution is -0.137. The van der Waals surface area contributed by atoms with Crippen molar-refractivity contribution in [3.05, 3.63) is 46.6 Å². The number of carboxylic acid groups (broad SMARTS) is 1. The van der Waals surface area contributed by atoms with Gasteiger partial charge in [0.1, 0.15) is 0 Å². The molecule has 0 fully saturated rings. The molecule has 0 unspecified atom stereocenters. The van der Waals surface area contributed by atoms with Crippen molar-refractivity contribution >= 4 is 17.6 Å². The normalized spacial score (nSPS) is 11.5. The molecular formula is C12H5ClF4N2O2. The third-order valence-corrected chi connectivity index (χ3v) is 2.80. The van der Waals surface area contributed by atoms with Crippen LogP contribution >= 0.6 is 11.6 Å². The minimum Gasteiger partial charge on any atom is -0.476 e. The van der Waals surface area contributed by atoms with Crippen LogP contribution < -0.4 is 0 Å². The highest BCUT2D eigenvalue weighted by Gasteiger charge is 2.36. The molecule has 0 aliphatic heterocycles. The predicted octanol–water partition coefficient (Wildman–Crippen LogP) is 3.65. The smallest absolute Gasteiger partial charge is 0.417 e. The number of benzene rings is 1. The molecule has 9 heteroatoms. The van der Waals surface area contributed by atoms with Gasteiger partial charge in [-0.2, -0.15) is 13.2 Å². The van der Waals surface area contributed by atoms with E-state index in [-0.39, 0.29) is 0 Å². The van der Waals surface area contributed by atoms with Crippen molar-refractivity contribution in [1.82, 2.24) is 9.97 Å². The summed E-state index contributed by atoms with van der Waals surface area (Å²) in [6.07, 6.45) is -3.19. The van der Waals surface area contributed by atoms with Crippen LogP contribution in [0.4, 0.5) is 17.6 Å². The molecule has 0 atom stereocenters. The minimum absolute atomic E-state index is 0.541. The summed E-state index contributed by atoms with van der Waals surface area (Å²) in [6, 6.07) is 1.35. The third kappa shape index (κ3) is 2.94. The number of nitrogens with zero attached hydrogens (tertiary/aromatic N) is 2. The lowest BCUT2D eigenvalue weighted by Gasteiger charge is -2.14. The first-order chi connectivity index (χ1) is 9.71. The number of aromatic carboxylic acids is 1. The van der Waals surface area contributed by atoms with Gasteiger partial charge in [-0.3, -0.25) is 4.98 Å². The molecule has 2 rings (SSSR count). The molecule has 0 radical (unpaired) electrons. The summed E-state index contributed by atoms with van der Waals surface area (Å²) in [7, 11) is 0. The zero-order valence-corrected chi connectivity index (χ0v) is 10.7. The number of carbonyl (C=O) groups is 1. The van der Waals surface area contributed by atoms with Crippen molar-refractivity contribution in [3.8, 4) is 11.3 Å². The number of carboxylic acids is 1. The van der Waals surface area contributed by atoms with Gasteiger partial charge in [-0.25, -0.2) is 14.2 Å². The molecule has 0 bridgehead atoms. The van der Waals surface area contributed by atoms with Crippen LogP contribution in [0.2, 0.25) is 5.02 Å². The van der Waals surface area contributed by atoms with E-state index in [0.29, 0.717) is 6.07 Å². The quantitative estimate of drug-likeness (QED) is 0.858. The Morgan fingerprint density at radius 2 is 1.90 bits per heavy atom. The lowest BCUT2D eigenvalue weighted by Crippen LogP contribution is -2.10. The van der Waals surface area contributed by atoms with Gasteiger partial charge in [0, 0.05) is 0 Å². The largest absolute Gasteiger partial charge is 0.476 e. The van der Waals surface area contributed by atoms with E-state index in [2.05, 4.69) is 9.97 Å².